The van der Waals surface area contributed by atoms with Crippen LogP contribution < -0.4 is 17.2 Å². The zero-order valence-electron chi connectivity index (χ0n) is 16.0. The first-order chi connectivity index (χ1) is 14.1. The normalized spacial score (nSPS) is 8.90. The van der Waals surface area contributed by atoms with Gasteiger partial charge in [-0.25, -0.2) is 14.4 Å². The van der Waals surface area contributed by atoms with E-state index in [4.69, 9.17) is 32.5 Å². The van der Waals surface area contributed by atoms with Gasteiger partial charge in [0.05, 0.1) is 16.7 Å². The number of rotatable bonds is 3. The number of nitrogen functional groups attached to an aromatic ring is 3. The zero-order chi connectivity index (χ0) is 22.7. The quantitative estimate of drug-likeness (QED) is 0.251. The fourth-order valence-electron chi connectivity index (χ4n) is 2.08. The summed E-state index contributed by atoms with van der Waals surface area (Å²) in [5.74, 6) is -2.96. The van der Waals surface area contributed by atoms with Crippen molar-refractivity contribution in [1.29, 1.82) is 0 Å². The molecule has 0 heterocycles. The number of nitrogens with two attached hydrogens (primary N) is 3. The van der Waals surface area contributed by atoms with Crippen LogP contribution in [0.25, 0.3) is 0 Å². The fraction of sp³-hybridized carbons (Fsp3) is 0. The fourth-order valence-corrected chi connectivity index (χ4v) is 2.08. The number of anilines is 3. The number of carbonyl (C=O) groups is 3. The SMILES string of the molecule is Nc1ccccc1C(=O)O.Nc1ccccc1C(=O)O.Nc1ccccc1C(=O)O.[Lu]. The Morgan fingerprint density at radius 2 is 0.677 bits per heavy atom. The number of hydrogen-bond acceptors (Lipinski definition) is 6. The monoisotopic (exact) mass is 586 g/mol. The first kappa shape index (κ1) is 27.7. The van der Waals surface area contributed by atoms with E-state index in [2.05, 4.69) is 0 Å². The molecule has 0 bridgehead atoms. The molecule has 0 aliphatic heterocycles. The van der Waals surface area contributed by atoms with Crippen LogP contribution in [-0.2, 0) is 0 Å². The van der Waals surface area contributed by atoms with Crippen molar-refractivity contribution in [2.75, 3.05) is 17.2 Å². The molecule has 0 amide bonds. The second-order valence-electron chi connectivity index (χ2n) is 5.68. The van der Waals surface area contributed by atoms with E-state index in [1.165, 1.54) is 18.2 Å². The molecule has 0 saturated heterocycles. The average Bonchev–Trinajstić information content (AvgIpc) is 2.69. The number of aromatic carboxylic acids is 3. The third-order valence-corrected chi connectivity index (χ3v) is 3.57. The number of para-hydroxylation sites is 3. The summed E-state index contributed by atoms with van der Waals surface area (Å²) in [7, 11) is 0. The predicted octanol–water partition coefficient (Wildman–Crippen LogP) is 2.90. The summed E-state index contributed by atoms with van der Waals surface area (Å²) in [5, 5.41) is 25.5. The summed E-state index contributed by atoms with van der Waals surface area (Å²) in [4.78, 5) is 31.0. The summed E-state index contributed by atoms with van der Waals surface area (Å²) >= 11 is 0. The Kier molecular flexibility index (Phi) is 12.4. The zero-order valence-corrected chi connectivity index (χ0v) is 17.6. The van der Waals surface area contributed by atoms with E-state index in [0.717, 1.165) is 0 Å². The van der Waals surface area contributed by atoms with E-state index in [0.29, 0.717) is 17.1 Å². The standard InChI is InChI=1S/3C7H7NO2.Lu/c3*8-6-4-2-1-3-5(6)7(9)10;/h3*1-4H,8H2,(H,9,10);. The van der Waals surface area contributed by atoms with Crippen LogP contribution >= 0.6 is 0 Å². The minimum absolute atomic E-state index is 0. The predicted molar refractivity (Wildman–Crippen MR) is 113 cm³/mol. The van der Waals surface area contributed by atoms with Crippen LogP contribution in [0.4, 0.5) is 17.1 Å². The first-order valence-corrected chi connectivity index (χ1v) is 8.38. The minimum Gasteiger partial charge on any atom is -0.478 e. The van der Waals surface area contributed by atoms with E-state index in [-0.39, 0.29) is 53.6 Å². The maximum Gasteiger partial charge on any atom is 0.337 e. The Morgan fingerprint density at radius 3 is 0.806 bits per heavy atom. The van der Waals surface area contributed by atoms with Crippen LogP contribution in [0.3, 0.4) is 0 Å². The van der Waals surface area contributed by atoms with Gasteiger partial charge in [0.25, 0.3) is 0 Å². The molecule has 0 aromatic heterocycles. The Morgan fingerprint density at radius 1 is 0.484 bits per heavy atom. The van der Waals surface area contributed by atoms with Crippen LogP contribution in [-0.4, -0.2) is 33.2 Å². The van der Waals surface area contributed by atoms with Gasteiger partial charge in [-0.05, 0) is 36.4 Å². The first-order valence-electron chi connectivity index (χ1n) is 8.38. The van der Waals surface area contributed by atoms with Crippen molar-refractivity contribution in [3.8, 4) is 0 Å². The maximum atomic E-state index is 10.3. The number of hydrogen-bond donors (Lipinski definition) is 6. The molecule has 31 heavy (non-hydrogen) atoms. The van der Waals surface area contributed by atoms with Crippen LogP contribution in [0, 0.1) is 36.9 Å². The molecule has 0 fully saturated rings. The Bertz CT molecular complexity index is 911. The van der Waals surface area contributed by atoms with Gasteiger partial charge in [0.15, 0.2) is 0 Å². The van der Waals surface area contributed by atoms with Gasteiger partial charge in [0.2, 0.25) is 0 Å². The van der Waals surface area contributed by atoms with Crippen molar-refractivity contribution >= 4 is 35.0 Å². The van der Waals surface area contributed by atoms with Crippen molar-refractivity contribution in [2.24, 2.45) is 0 Å². The third-order valence-electron chi connectivity index (χ3n) is 3.57. The van der Waals surface area contributed by atoms with Gasteiger partial charge in [-0.2, -0.15) is 0 Å². The molecule has 9 N–H and O–H groups in total. The van der Waals surface area contributed by atoms with Crippen molar-refractivity contribution in [3.63, 3.8) is 0 Å². The Balaban J connectivity index is 0.000000429. The molecule has 1 radical (unpaired) electrons. The molecule has 0 spiro atoms. The summed E-state index contributed by atoms with van der Waals surface area (Å²) < 4.78 is 0. The second kappa shape index (κ2) is 13.8. The summed E-state index contributed by atoms with van der Waals surface area (Å²) in [6.45, 7) is 0. The van der Waals surface area contributed by atoms with Crippen LogP contribution in [0.5, 0.6) is 0 Å². The summed E-state index contributed by atoms with van der Waals surface area (Å²) in [6, 6.07) is 19.1. The molecule has 9 nitrogen and oxygen atoms in total. The van der Waals surface area contributed by atoms with E-state index in [1.54, 1.807) is 54.6 Å². The molecule has 0 saturated carbocycles. The molecule has 0 aliphatic rings. The second-order valence-corrected chi connectivity index (χ2v) is 5.68. The molecular weight excluding hydrogens is 565 g/mol. The van der Waals surface area contributed by atoms with Crippen LogP contribution in [0.2, 0.25) is 0 Å². The largest absolute Gasteiger partial charge is 0.478 e. The van der Waals surface area contributed by atoms with Crippen molar-refractivity contribution in [3.05, 3.63) is 89.5 Å². The van der Waals surface area contributed by atoms with Gasteiger partial charge in [-0.1, -0.05) is 36.4 Å². The van der Waals surface area contributed by atoms with Crippen LogP contribution in [0.15, 0.2) is 72.8 Å². The molecule has 0 atom stereocenters. The average molecular weight is 586 g/mol. The minimum atomic E-state index is -0.988. The summed E-state index contributed by atoms with van der Waals surface area (Å²) in [5.41, 5.74) is 17.4. The van der Waals surface area contributed by atoms with Gasteiger partial charge >= 0.3 is 17.9 Å². The van der Waals surface area contributed by atoms with E-state index >= 15 is 0 Å². The third kappa shape index (κ3) is 9.37. The van der Waals surface area contributed by atoms with E-state index in [1.807, 2.05) is 0 Å². The van der Waals surface area contributed by atoms with Gasteiger partial charge in [0, 0.05) is 53.9 Å². The number of carboxylic acids is 3. The van der Waals surface area contributed by atoms with Crippen LogP contribution in [0.1, 0.15) is 31.1 Å². The topological polar surface area (TPSA) is 190 Å². The van der Waals surface area contributed by atoms with Gasteiger partial charge in [0.1, 0.15) is 0 Å². The molecule has 0 aliphatic carbocycles. The molecule has 3 aromatic carbocycles. The maximum absolute atomic E-state index is 10.3. The smallest absolute Gasteiger partial charge is 0.337 e. The summed E-state index contributed by atoms with van der Waals surface area (Å²) in [6.07, 6.45) is 0. The van der Waals surface area contributed by atoms with E-state index in [9.17, 15) is 14.4 Å². The van der Waals surface area contributed by atoms with Crippen molar-refractivity contribution in [1.82, 2.24) is 0 Å². The molecular formula is C21H21LuN3O6. The van der Waals surface area contributed by atoms with Crippen molar-refractivity contribution < 1.29 is 66.6 Å². The number of carboxylic acid groups (broad SMARTS) is 3. The van der Waals surface area contributed by atoms with E-state index < -0.39 is 17.9 Å². The van der Waals surface area contributed by atoms with Gasteiger partial charge in [-0.3, -0.25) is 0 Å². The molecule has 3 rings (SSSR count). The van der Waals surface area contributed by atoms with Gasteiger partial charge < -0.3 is 32.5 Å². The number of benzene rings is 3. The molecule has 171 valence electrons. The Labute approximate surface area is 207 Å². The molecule has 10 heteroatoms. The Hall–Kier alpha value is -3.30. The van der Waals surface area contributed by atoms with Gasteiger partial charge in [-0.15, -0.1) is 0 Å². The molecule has 3 aromatic rings. The van der Waals surface area contributed by atoms with Crippen molar-refractivity contribution in [2.45, 2.75) is 0 Å². The molecule has 0 unspecified atom stereocenters.